The number of carbonyl (C=O) groups is 2. The molecular weight excluding hydrogens is 234 g/mol. The van der Waals surface area contributed by atoms with E-state index in [1.807, 2.05) is 11.8 Å². The minimum Gasteiger partial charge on any atom is -0.390 e. The van der Waals surface area contributed by atoms with Crippen LogP contribution in [0.3, 0.4) is 0 Å². The van der Waals surface area contributed by atoms with Crippen molar-refractivity contribution in [2.45, 2.75) is 32.3 Å². The summed E-state index contributed by atoms with van der Waals surface area (Å²) < 4.78 is 0. The van der Waals surface area contributed by atoms with Gasteiger partial charge in [0.1, 0.15) is 0 Å². The number of hydrogen-bond donors (Lipinski definition) is 3. The van der Waals surface area contributed by atoms with Crippen molar-refractivity contribution in [1.29, 1.82) is 0 Å². The number of carbonyl (C=O) groups excluding carboxylic acids is 2. The Morgan fingerprint density at radius 3 is 2.33 bits per heavy atom. The van der Waals surface area contributed by atoms with Crippen molar-refractivity contribution in [3.8, 4) is 0 Å². The Kier molecular flexibility index (Phi) is 5.55. The fourth-order valence-corrected chi connectivity index (χ4v) is 1.89. The van der Waals surface area contributed by atoms with Gasteiger partial charge in [-0.3, -0.25) is 14.5 Å². The highest BCUT2D eigenvalue weighted by atomic mass is 16.3. The van der Waals surface area contributed by atoms with Crippen molar-refractivity contribution in [2.24, 2.45) is 0 Å². The number of aliphatic hydroxyl groups is 1. The van der Waals surface area contributed by atoms with Gasteiger partial charge in [-0.2, -0.15) is 0 Å². The molecule has 6 heteroatoms. The molecule has 0 saturated carbocycles. The van der Waals surface area contributed by atoms with E-state index in [0.29, 0.717) is 32.5 Å². The van der Waals surface area contributed by atoms with E-state index in [1.54, 1.807) is 0 Å². The Bertz CT molecular complexity index is 295. The van der Waals surface area contributed by atoms with E-state index in [0.717, 1.165) is 13.1 Å². The molecule has 0 unspecified atom stereocenters. The van der Waals surface area contributed by atoms with E-state index in [2.05, 4.69) is 10.6 Å². The first-order chi connectivity index (χ1) is 8.39. The molecule has 0 bridgehead atoms. The van der Waals surface area contributed by atoms with Gasteiger partial charge in [-0.25, -0.2) is 0 Å². The predicted octanol–water partition coefficient (Wildman–Crippen LogP) is -0.914. The van der Waals surface area contributed by atoms with Crippen molar-refractivity contribution >= 4 is 11.8 Å². The summed E-state index contributed by atoms with van der Waals surface area (Å²) in [5.41, 5.74) is -0.585. The number of likely N-dealkylation sites (tertiary alicyclic amines) is 1. The van der Waals surface area contributed by atoms with Gasteiger partial charge in [-0.05, 0) is 19.8 Å². The second-order valence-electron chi connectivity index (χ2n) is 5.11. The fraction of sp³-hybridized carbons (Fsp3) is 0.833. The first kappa shape index (κ1) is 14.9. The molecule has 2 amide bonds. The average Bonchev–Trinajstić information content (AvgIpc) is 2.27. The Morgan fingerprint density at radius 1 is 1.22 bits per heavy atom. The lowest BCUT2D eigenvalue weighted by Crippen LogP contribution is -2.47. The lowest BCUT2D eigenvalue weighted by molar-refractivity contribution is -0.124. The Balaban J connectivity index is 2.11. The minimum absolute atomic E-state index is 0.0399. The van der Waals surface area contributed by atoms with Gasteiger partial charge in [-0.15, -0.1) is 0 Å². The maximum absolute atomic E-state index is 11.6. The van der Waals surface area contributed by atoms with Crippen molar-refractivity contribution in [3.05, 3.63) is 0 Å². The van der Waals surface area contributed by atoms with E-state index in [1.165, 1.54) is 6.92 Å². The van der Waals surface area contributed by atoms with E-state index in [4.69, 9.17) is 0 Å². The Morgan fingerprint density at radius 2 is 1.78 bits per heavy atom. The molecular formula is C12H23N3O3. The van der Waals surface area contributed by atoms with E-state index in [9.17, 15) is 14.7 Å². The lowest BCUT2D eigenvalue weighted by Gasteiger charge is -2.35. The molecule has 0 aromatic rings. The molecule has 0 radical (unpaired) electrons. The second kappa shape index (κ2) is 6.70. The SMILES string of the molecule is CC(=O)NCCNC(=O)CN1CCC(C)(O)CC1. The standard InChI is InChI=1S/C12H23N3O3/c1-10(16)13-5-6-14-11(17)9-15-7-3-12(2,18)4-8-15/h18H,3-9H2,1-2H3,(H,13,16)(H,14,17). The molecule has 1 fully saturated rings. The highest BCUT2D eigenvalue weighted by Gasteiger charge is 2.27. The zero-order chi connectivity index (χ0) is 13.6. The third kappa shape index (κ3) is 5.97. The molecule has 0 aromatic heterocycles. The minimum atomic E-state index is -0.585. The van der Waals surface area contributed by atoms with Gasteiger partial charge in [0.25, 0.3) is 0 Å². The zero-order valence-electron chi connectivity index (χ0n) is 11.2. The first-order valence-electron chi connectivity index (χ1n) is 6.35. The van der Waals surface area contributed by atoms with Crippen LogP contribution in [0.4, 0.5) is 0 Å². The zero-order valence-corrected chi connectivity index (χ0v) is 11.2. The van der Waals surface area contributed by atoms with Crippen LogP contribution in [0.25, 0.3) is 0 Å². The Hall–Kier alpha value is -1.14. The normalized spacial score (nSPS) is 19.3. The summed E-state index contributed by atoms with van der Waals surface area (Å²) in [6.07, 6.45) is 1.40. The van der Waals surface area contributed by atoms with Crippen LogP contribution in [0.15, 0.2) is 0 Å². The number of piperidine rings is 1. The summed E-state index contributed by atoms with van der Waals surface area (Å²) in [6.45, 7) is 6.02. The van der Waals surface area contributed by atoms with Gasteiger partial charge >= 0.3 is 0 Å². The smallest absolute Gasteiger partial charge is 0.234 e. The maximum Gasteiger partial charge on any atom is 0.234 e. The maximum atomic E-state index is 11.6. The van der Waals surface area contributed by atoms with Gasteiger partial charge in [0.05, 0.1) is 12.1 Å². The summed E-state index contributed by atoms with van der Waals surface area (Å²) >= 11 is 0. The molecule has 0 spiro atoms. The number of hydrogen-bond acceptors (Lipinski definition) is 4. The summed E-state index contributed by atoms with van der Waals surface area (Å²) in [5, 5.41) is 15.1. The van der Waals surface area contributed by atoms with Crippen molar-refractivity contribution < 1.29 is 14.7 Å². The van der Waals surface area contributed by atoms with E-state index in [-0.39, 0.29) is 11.8 Å². The topological polar surface area (TPSA) is 81.7 Å². The lowest BCUT2D eigenvalue weighted by atomic mass is 9.94. The van der Waals surface area contributed by atoms with Crippen molar-refractivity contribution in [1.82, 2.24) is 15.5 Å². The highest BCUT2D eigenvalue weighted by Crippen LogP contribution is 2.20. The van der Waals surface area contributed by atoms with Gasteiger partial charge in [0, 0.05) is 33.1 Å². The van der Waals surface area contributed by atoms with Crippen LogP contribution in [-0.2, 0) is 9.59 Å². The molecule has 18 heavy (non-hydrogen) atoms. The van der Waals surface area contributed by atoms with Crippen LogP contribution in [0, 0.1) is 0 Å². The van der Waals surface area contributed by atoms with E-state index >= 15 is 0 Å². The number of nitrogens with zero attached hydrogens (tertiary/aromatic N) is 1. The van der Waals surface area contributed by atoms with Gasteiger partial charge in [-0.1, -0.05) is 0 Å². The fourth-order valence-electron chi connectivity index (χ4n) is 1.89. The quantitative estimate of drug-likeness (QED) is 0.557. The number of rotatable bonds is 5. The third-order valence-corrected chi connectivity index (χ3v) is 3.12. The number of amides is 2. The molecule has 0 atom stereocenters. The number of nitrogens with one attached hydrogen (secondary N) is 2. The molecule has 1 aliphatic heterocycles. The van der Waals surface area contributed by atoms with Gasteiger partial charge in [0.15, 0.2) is 0 Å². The summed E-state index contributed by atoms with van der Waals surface area (Å²) in [5.74, 6) is -0.135. The molecule has 0 aromatic carbocycles. The molecule has 1 heterocycles. The molecule has 3 N–H and O–H groups in total. The molecule has 1 aliphatic rings. The van der Waals surface area contributed by atoms with Crippen LogP contribution in [-0.4, -0.2) is 60.1 Å². The van der Waals surface area contributed by atoms with Crippen LogP contribution < -0.4 is 10.6 Å². The summed E-state index contributed by atoms with van der Waals surface area (Å²) in [4.78, 5) is 24.2. The highest BCUT2D eigenvalue weighted by molar-refractivity contribution is 5.78. The van der Waals surface area contributed by atoms with Crippen LogP contribution in [0.5, 0.6) is 0 Å². The summed E-state index contributed by atoms with van der Waals surface area (Å²) in [6, 6.07) is 0. The van der Waals surface area contributed by atoms with Crippen LogP contribution >= 0.6 is 0 Å². The van der Waals surface area contributed by atoms with Crippen molar-refractivity contribution in [2.75, 3.05) is 32.7 Å². The van der Waals surface area contributed by atoms with Crippen molar-refractivity contribution in [3.63, 3.8) is 0 Å². The first-order valence-corrected chi connectivity index (χ1v) is 6.35. The van der Waals surface area contributed by atoms with E-state index < -0.39 is 5.60 Å². The molecule has 0 aliphatic carbocycles. The van der Waals surface area contributed by atoms with Crippen LogP contribution in [0.1, 0.15) is 26.7 Å². The van der Waals surface area contributed by atoms with Gasteiger partial charge < -0.3 is 15.7 Å². The average molecular weight is 257 g/mol. The predicted molar refractivity (Wildman–Crippen MR) is 68.0 cm³/mol. The van der Waals surface area contributed by atoms with Crippen LogP contribution in [0.2, 0.25) is 0 Å². The monoisotopic (exact) mass is 257 g/mol. The molecule has 104 valence electrons. The molecule has 1 rings (SSSR count). The summed E-state index contributed by atoms with van der Waals surface area (Å²) in [7, 11) is 0. The molecule has 6 nitrogen and oxygen atoms in total. The largest absolute Gasteiger partial charge is 0.390 e. The Labute approximate surface area is 108 Å². The van der Waals surface area contributed by atoms with Gasteiger partial charge in [0.2, 0.25) is 11.8 Å². The molecule has 1 saturated heterocycles. The third-order valence-electron chi connectivity index (χ3n) is 3.12. The second-order valence-corrected chi connectivity index (χ2v) is 5.11.